The second-order valence-corrected chi connectivity index (χ2v) is 11.8. The predicted octanol–water partition coefficient (Wildman–Crippen LogP) is 3.48. The number of benzene rings is 2. The Balaban J connectivity index is 1.82. The first kappa shape index (κ1) is 27.9. The van der Waals surface area contributed by atoms with Gasteiger partial charge in [0.15, 0.2) is 0 Å². The van der Waals surface area contributed by atoms with Crippen LogP contribution in [0.2, 0.25) is 0 Å². The van der Waals surface area contributed by atoms with Crippen LogP contribution in [0.1, 0.15) is 16.1 Å². The lowest BCUT2D eigenvalue weighted by Crippen LogP contribution is -2.28. The van der Waals surface area contributed by atoms with Crippen molar-refractivity contribution in [1.82, 2.24) is 19.3 Å². The molecule has 13 heteroatoms. The minimum atomic E-state index is -3.60. The molecule has 2 aromatic carbocycles. The Bertz CT molecular complexity index is 1580. The zero-order valence-corrected chi connectivity index (χ0v) is 23.5. The maximum absolute atomic E-state index is 14.8. The molecule has 1 amide bonds. The third kappa shape index (κ3) is 5.81. The molecular weight excluding hydrogens is 628 g/mol. The summed E-state index contributed by atoms with van der Waals surface area (Å²) in [5.74, 6) is -1.13. The fourth-order valence-corrected chi connectivity index (χ4v) is 5.18. The minimum Gasteiger partial charge on any atom is -0.394 e. The van der Waals surface area contributed by atoms with Crippen LogP contribution in [0.3, 0.4) is 0 Å². The number of hydrogen-bond acceptors (Lipinski definition) is 7. The van der Waals surface area contributed by atoms with Gasteiger partial charge in [0.05, 0.1) is 35.0 Å². The van der Waals surface area contributed by atoms with Crippen molar-refractivity contribution in [1.29, 1.82) is 0 Å². The molecule has 0 atom stereocenters. The number of amides is 1. The maximum atomic E-state index is 14.8. The summed E-state index contributed by atoms with van der Waals surface area (Å²) in [6.07, 6.45) is 3.14. The molecule has 0 bridgehead atoms. The van der Waals surface area contributed by atoms with Crippen molar-refractivity contribution >= 4 is 60.8 Å². The largest absolute Gasteiger partial charge is 0.394 e. The zero-order valence-electron chi connectivity index (χ0n) is 20.5. The molecule has 0 radical (unpaired) electrons. The van der Waals surface area contributed by atoms with E-state index in [2.05, 4.69) is 15.8 Å². The number of nitrogens with zero attached hydrogens (tertiary/aromatic N) is 3. The smallest absolute Gasteiger partial charge is 0.293 e. The van der Waals surface area contributed by atoms with E-state index >= 15 is 0 Å². The Labute approximate surface area is 232 Å². The summed E-state index contributed by atoms with van der Waals surface area (Å²) in [7, 11) is -0.689. The van der Waals surface area contributed by atoms with E-state index in [1.807, 2.05) is 22.6 Å². The molecule has 0 spiro atoms. The van der Waals surface area contributed by atoms with E-state index in [9.17, 15) is 17.6 Å². The highest BCUT2D eigenvalue weighted by molar-refractivity contribution is 14.1. The van der Waals surface area contributed by atoms with E-state index in [0.29, 0.717) is 25.7 Å². The Morgan fingerprint density at radius 1 is 1.18 bits per heavy atom. The van der Waals surface area contributed by atoms with Crippen LogP contribution in [0.25, 0.3) is 10.9 Å². The highest BCUT2D eigenvalue weighted by Gasteiger charge is 2.25. The summed E-state index contributed by atoms with van der Waals surface area (Å²) in [6.45, 7) is -0.235. The second-order valence-electron chi connectivity index (χ2n) is 8.39. The van der Waals surface area contributed by atoms with Gasteiger partial charge >= 0.3 is 0 Å². The third-order valence-corrected chi connectivity index (χ3v) is 8.17. The number of pyridine rings is 1. The molecule has 38 heavy (non-hydrogen) atoms. The van der Waals surface area contributed by atoms with Crippen LogP contribution in [-0.2, 0) is 21.4 Å². The van der Waals surface area contributed by atoms with Crippen molar-refractivity contribution < 1.29 is 27.5 Å². The fraction of sp³-hybridized carbons (Fsp3) is 0.200. The molecule has 2 heterocycles. The molecule has 0 saturated heterocycles. The normalized spacial score (nSPS) is 11.7. The summed E-state index contributed by atoms with van der Waals surface area (Å²) >= 11 is 2.01. The third-order valence-electron chi connectivity index (χ3n) is 5.67. The molecule has 3 N–H and O–H groups in total. The van der Waals surface area contributed by atoms with Crippen molar-refractivity contribution in [2.24, 2.45) is 0 Å². The number of aliphatic hydroxyl groups excluding tert-OH is 1. The Kier molecular flexibility index (Phi) is 8.62. The summed E-state index contributed by atoms with van der Waals surface area (Å²) < 4.78 is 43.2. The van der Waals surface area contributed by atoms with Crippen molar-refractivity contribution in [3.8, 4) is 0 Å². The molecule has 0 saturated carbocycles. The average molecular weight is 653 g/mol. The molecule has 4 aromatic rings. The number of carbonyl (C=O) groups excluding carboxylic acids is 1. The first-order valence-electron chi connectivity index (χ1n) is 11.4. The van der Waals surface area contributed by atoms with Crippen molar-refractivity contribution in [2.45, 2.75) is 11.4 Å². The van der Waals surface area contributed by atoms with Crippen LogP contribution in [0.15, 0.2) is 65.8 Å². The number of nitrogens with one attached hydrogen (secondary N) is 2. The van der Waals surface area contributed by atoms with Gasteiger partial charge in [0.1, 0.15) is 11.5 Å². The molecule has 4 rings (SSSR count). The molecule has 0 aliphatic carbocycles. The van der Waals surface area contributed by atoms with Crippen molar-refractivity contribution in [3.63, 3.8) is 0 Å². The van der Waals surface area contributed by atoms with Crippen molar-refractivity contribution in [2.75, 3.05) is 32.6 Å². The van der Waals surface area contributed by atoms with Crippen molar-refractivity contribution in [3.05, 3.63) is 81.6 Å². The number of sulfonamides is 1. The Morgan fingerprint density at radius 2 is 1.92 bits per heavy atom. The van der Waals surface area contributed by atoms with Crippen LogP contribution in [0.4, 0.5) is 15.8 Å². The van der Waals surface area contributed by atoms with Gasteiger partial charge in [-0.2, -0.15) is 0 Å². The van der Waals surface area contributed by atoms with E-state index in [-0.39, 0.29) is 36.0 Å². The predicted molar refractivity (Wildman–Crippen MR) is 149 cm³/mol. The van der Waals surface area contributed by atoms with Gasteiger partial charge in [-0.1, -0.05) is 12.1 Å². The van der Waals surface area contributed by atoms with E-state index in [4.69, 9.17) is 9.94 Å². The van der Waals surface area contributed by atoms with Crippen LogP contribution < -0.4 is 10.8 Å². The number of hydroxylamine groups is 1. The van der Waals surface area contributed by atoms with Gasteiger partial charge in [-0.3, -0.25) is 14.6 Å². The number of halogens is 2. The molecule has 0 fully saturated rings. The molecule has 10 nitrogen and oxygen atoms in total. The topological polar surface area (TPSA) is 126 Å². The maximum Gasteiger partial charge on any atom is 0.293 e. The van der Waals surface area contributed by atoms with E-state index in [1.165, 1.54) is 32.3 Å². The number of aliphatic hydroxyl groups is 1. The monoisotopic (exact) mass is 653 g/mol. The highest BCUT2D eigenvalue weighted by Crippen LogP contribution is 2.35. The molecule has 200 valence electrons. The van der Waals surface area contributed by atoms with E-state index in [0.717, 1.165) is 4.31 Å². The van der Waals surface area contributed by atoms with Gasteiger partial charge in [0, 0.05) is 42.0 Å². The summed E-state index contributed by atoms with van der Waals surface area (Å²) in [5, 5.41) is 12.6. The van der Waals surface area contributed by atoms with Gasteiger partial charge < -0.3 is 15.0 Å². The first-order valence-corrected chi connectivity index (χ1v) is 13.9. The summed E-state index contributed by atoms with van der Waals surface area (Å²) in [4.78, 5) is 22.7. The van der Waals surface area contributed by atoms with E-state index in [1.54, 1.807) is 47.3 Å². The molecule has 0 unspecified atom stereocenters. The summed E-state index contributed by atoms with van der Waals surface area (Å²) in [5.41, 5.74) is 4.27. The second kappa shape index (κ2) is 11.7. The molecule has 0 aliphatic rings. The molecule has 0 aliphatic heterocycles. The van der Waals surface area contributed by atoms with E-state index < -0.39 is 21.7 Å². The lowest BCUT2D eigenvalue weighted by molar-refractivity contribution is 0.0163. The van der Waals surface area contributed by atoms with Gasteiger partial charge in [-0.05, 0) is 64.6 Å². The molecular formula is C25H25FIN5O5S. The number of aromatic nitrogens is 2. The van der Waals surface area contributed by atoms with Crippen LogP contribution >= 0.6 is 22.6 Å². The number of carbonyl (C=O) groups is 1. The lowest BCUT2D eigenvalue weighted by atomic mass is 10.2. The minimum absolute atomic E-state index is 0.121. The van der Waals surface area contributed by atoms with Gasteiger partial charge in [-0.15, -0.1) is 0 Å². The highest BCUT2D eigenvalue weighted by atomic mass is 127. The molecule has 2 aromatic heterocycles. The van der Waals surface area contributed by atoms with Gasteiger partial charge in [0.25, 0.3) is 5.91 Å². The quantitative estimate of drug-likeness (QED) is 0.136. The average Bonchev–Trinajstić information content (AvgIpc) is 3.19. The summed E-state index contributed by atoms with van der Waals surface area (Å²) in [6, 6.07) is 12.7. The van der Waals surface area contributed by atoms with Crippen LogP contribution in [0, 0.1) is 9.39 Å². The number of fused-ring (bicyclic) bond motifs is 1. The Morgan fingerprint density at radius 3 is 2.58 bits per heavy atom. The number of hydrogen-bond donors (Lipinski definition) is 3. The standard InChI is InChI=1S/C25H25FIN5O5S/c1-31(2)38(35,36)18-6-3-16(4-7-18)15-32-22-9-10-28-14-19(22)23(24(32)25(34)30-37-12-11-33)29-21-8-5-17(27)13-20(21)26/h3-10,13-14,29,33H,11-12,15H2,1-2H3,(H,30,34). The number of rotatable bonds is 10. The zero-order chi connectivity index (χ0) is 27.4. The van der Waals surface area contributed by atoms with Crippen LogP contribution in [0.5, 0.6) is 0 Å². The SMILES string of the molecule is CN(C)S(=O)(=O)c1ccc(Cn2c(C(=O)NOCCO)c(Nc3ccc(I)cc3F)c3cnccc32)cc1. The van der Waals surface area contributed by atoms with Crippen LogP contribution in [-0.4, -0.2) is 60.6 Å². The Hall–Kier alpha value is -3.11. The fourth-order valence-electron chi connectivity index (χ4n) is 3.82. The lowest BCUT2D eigenvalue weighted by Gasteiger charge is -2.15. The van der Waals surface area contributed by atoms with Gasteiger partial charge in [0.2, 0.25) is 10.0 Å². The number of anilines is 2. The van der Waals surface area contributed by atoms with Gasteiger partial charge in [-0.25, -0.2) is 22.6 Å². The first-order chi connectivity index (χ1) is 18.1.